The van der Waals surface area contributed by atoms with Crippen molar-refractivity contribution in [1.29, 1.82) is 0 Å². The molecule has 0 amide bonds. The second kappa shape index (κ2) is 9.75. The van der Waals surface area contributed by atoms with Gasteiger partial charge in [0.05, 0.1) is 18.8 Å². The van der Waals surface area contributed by atoms with Crippen molar-refractivity contribution in [2.45, 2.75) is 52.2 Å². The molecule has 1 rings (SSSR count). The van der Waals surface area contributed by atoms with Gasteiger partial charge < -0.3 is 24.3 Å². The van der Waals surface area contributed by atoms with E-state index in [1.54, 1.807) is 0 Å². The lowest BCUT2D eigenvalue weighted by Crippen LogP contribution is -2.16. The van der Waals surface area contributed by atoms with Gasteiger partial charge in [0.1, 0.15) is 0 Å². The van der Waals surface area contributed by atoms with Gasteiger partial charge >= 0.3 is 23.5 Å². The number of rotatable bonds is 8. The first-order chi connectivity index (χ1) is 10.4. The van der Waals surface area contributed by atoms with Crippen LogP contribution in [0, 0.1) is 0 Å². The fraction of sp³-hybridized carbons (Fsp3) is 1.00. The Hall–Kier alpha value is 0.370. The standard InChI is InChI=1S/C7H17O11P3.C2H6/c1-2-6-3-4-7(16-6)5-15-20(11,12)18-21(13,14)17-19(8,9)10;1-2/h6-7H,2-5H2,1H3,(H,11,12)(H,13,14)(H2,8,9,10);1-2H3/t6-,7-;/m0./s1. The quantitative estimate of drug-likeness (QED) is 0.441. The molecule has 11 nitrogen and oxygen atoms in total. The van der Waals surface area contributed by atoms with Crippen molar-refractivity contribution in [3.05, 3.63) is 0 Å². The Balaban J connectivity index is 0.00000232. The van der Waals surface area contributed by atoms with Crippen molar-refractivity contribution in [1.82, 2.24) is 0 Å². The Morgan fingerprint density at radius 1 is 0.957 bits per heavy atom. The highest BCUT2D eigenvalue weighted by atomic mass is 31.3. The van der Waals surface area contributed by atoms with Crippen LogP contribution in [0.1, 0.15) is 40.0 Å². The zero-order valence-corrected chi connectivity index (χ0v) is 15.7. The van der Waals surface area contributed by atoms with E-state index in [1.165, 1.54) is 0 Å². The highest BCUT2D eigenvalue weighted by Crippen LogP contribution is 2.66. The summed E-state index contributed by atoms with van der Waals surface area (Å²) in [6.45, 7) is 5.54. The van der Waals surface area contributed by atoms with Gasteiger partial charge in [-0.15, -0.1) is 0 Å². The molecule has 0 aromatic heterocycles. The van der Waals surface area contributed by atoms with Gasteiger partial charge in [0, 0.05) is 0 Å². The van der Waals surface area contributed by atoms with E-state index in [2.05, 4.69) is 13.1 Å². The summed E-state index contributed by atoms with van der Waals surface area (Å²) in [5, 5.41) is 0. The monoisotopic (exact) mass is 400 g/mol. The van der Waals surface area contributed by atoms with Gasteiger partial charge in [-0.25, -0.2) is 13.7 Å². The zero-order valence-electron chi connectivity index (χ0n) is 13.0. The molecule has 0 spiro atoms. The largest absolute Gasteiger partial charge is 0.490 e. The van der Waals surface area contributed by atoms with Crippen molar-refractivity contribution in [2.75, 3.05) is 6.61 Å². The Morgan fingerprint density at radius 3 is 1.91 bits per heavy atom. The van der Waals surface area contributed by atoms with Gasteiger partial charge in [-0.2, -0.15) is 8.62 Å². The lowest BCUT2D eigenvalue weighted by atomic mass is 10.2. The number of phosphoric ester groups is 1. The SMILES string of the molecule is CC.CC[C@H]1CC[C@@H](COP(=O)(O)OP(=O)(O)OP(=O)(O)O)O1. The van der Waals surface area contributed by atoms with Gasteiger partial charge in [0.25, 0.3) is 0 Å². The second-order valence-corrected chi connectivity index (χ2v) is 8.67. The molecule has 1 fully saturated rings. The summed E-state index contributed by atoms with van der Waals surface area (Å²) in [6.07, 6.45) is 1.64. The predicted molar refractivity (Wildman–Crippen MR) is 79.4 cm³/mol. The molecule has 4 N–H and O–H groups in total. The van der Waals surface area contributed by atoms with Crippen LogP contribution >= 0.6 is 23.5 Å². The summed E-state index contributed by atoms with van der Waals surface area (Å²) < 4.78 is 49.9. The summed E-state index contributed by atoms with van der Waals surface area (Å²) in [5.74, 6) is 0. The maximum atomic E-state index is 11.4. The molecule has 1 saturated heterocycles. The molecule has 4 atom stereocenters. The molecular formula is C9H23O11P3. The topological polar surface area (TPSA) is 169 Å². The van der Waals surface area contributed by atoms with E-state index >= 15 is 0 Å². The molecule has 2 unspecified atom stereocenters. The normalized spacial score (nSPS) is 26.7. The van der Waals surface area contributed by atoms with Gasteiger partial charge in [-0.05, 0) is 19.3 Å². The van der Waals surface area contributed by atoms with Gasteiger partial charge in [0.15, 0.2) is 0 Å². The molecule has 0 radical (unpaired) electrons. The number of hydrogen-bond donors (Lipinski definition) is 4. The Kier molecular flexibility index (Phi) is 9.91. The summed E-state index contributed by atoms with van der Waals surface area (Å²) in [5.41, 5.74) is 0. The first-order valence-corrected chi connectivity index (χ1v) is 11.4. The van der Waals surface area contributed by atoms with Crippen LogP contribution in [0.15, 0.2) is 0 Å². The van der Waals surface area contributed by atoms with Gasteiger partial charge in [0.2, 0.25) is 0 Å². The molecule has 0 saturated carbocycles. The van der Waals surface area contributed by atoms with Crippen molar-refractivity contribution in [2.24, 2.45) is 0 Å². The van der Waals surface area contributed by atoms with Gasteiger partial charge in [-0.1, -0.05) is 20.8 Å². The summed E-state index contributed by atoms with van der Waals surface area (Å²) >= 11 is 0. The van der Waals surface area contributed by atoms with Crippen LogP contribution in [-0.2, 0) is 31.6 Å². The molecule has 1 heterocycles. The van der Waals surface area contributed by atoms with Crippen molar-refractivity contribution in [3.8, 4) is 0 Å². The summed E-state index contributed by atoms with van der Waals surface area (Å²) in [6, 6.07) is 0. The second-order valence-electron chi connectivity index (χ2n) is 4.25. The summed E-state index contributed by atoms with van der Waals surface area (Å²) in [7, 11) is -15.9. The van der Waals surface area contributed by atoms with Gasteiger partial charge in [-0.3, -0.25) is 4.52 Å². The molecule has 1 aliphatic heterocycles. The predicted octanol–water partition coefficient (Wildman–Crippen LogP) is 2.31. The molecule has 140 valence electrons. The molecule has 14 heteroatoms. The van der Waals surface area contributed by atoms with E-state index in [4.69, 9.17) is 19.4 Å². The van der Waals surface area contributed by atoms with Crippen LogP contribution in [0.5, 0.6) is 0 Å². The third-order valence-corrected chi connectivity index (χ3v) is 6.29. The van der Waals surface area contributed by atoms with Crippen LogP contribution < -0.4 is 0 Å². The van der Waals surface area contributed by atoms with E-state index in [0.29, 0.717) is 6.42 Å². The highest BCUT2D eigenvalue weighted by Gasteiger charge is 2.41. The number of ether oxygens (including phenoxy) is 1. The fourth-order valence-electron chi connectivity index (χ4n) is 1.68. The molecule has 0 aromatic carbocycles. The van der Waals surface area contributed by atoms with Crippen LogP contribution in [0.2, 0.25) is 0 Å². The summed E-state index contributed by atoms with van der Waals surface area (Å²) in [4.78, 5) is 34.9. The smallest absolute Gasteiger partial charge is 0.373 e. The highest BCUT2D eigenvalue weighted by molar-refractivity contribution is 7.66. The van der Waals surface area contributed by atoms with E-state index in [1.807, 2.05) is 20.8 Å². The minimum Gasteiger partial charge on any atom is -0.373 e. The maximum Gasteiger partial charge on any atom is 0.490 e. The lowest BCUT2D eigenvalue weighted by molar-refractivity contribution is 0.00968. The minimum absolute atomic E-state index is 0.0135. The molecule has 0 bridgehead atoms. The van der Waals surface area contributed by atoms with Crippen LogP contribution in [0.4, 0.5) is 0 Å². The number of hydrogen-bond acceptors (Lipinski definition) is 7. The first kappa shape index (κ1) is 23.4. The zero-order chi connectivity index (χ0) is 18.3. The molecule has 1 aliphatic rings. The third-order valence-electron chi connectivity index (χ3n) is 2.49. The third kappa shape index (κ3) is 10.8. The minimum atomic E-state index is -5.46. The first-order valence-electron chi connectivity index (χ1n) is 6.86. The average Bonchev–Trinajstić information content (AvgIpc) is 2.82. The lowest BCUT2D eigenvalue weighted by Gasteiger charge is -2.18. The fourth-order valence-corrected chi connectivity index (χ4v) is 4.73. The van der Waals surface area contributed by atoms with E-state index in [9.17, 15) is 18.6 Å². The Labute approximate surface area is 134 Å². The van der Waals surface area contributed by atoms with Crippen LogP contribution in [0.25, 0.3) is 0 Å². The number of phosphoric acid groups is 3. The van der Waals surface area contributed by atoms with E-state index < -0.39 is 29.6 Å². The van der Waals surface area contributed by atoms with Crippen molar-refractivity contribution >= 4 is 23.5 Å². The molecular weight excluding hydrogens is 377 g/mol. The molecule has 0 aromatic rings. The Morgan fingerprint density at radius 2 is 1.48 bits per heavy atom. The maximum absolute atomic E-state index is 11.4. The van der Waals surface area contributed by atoms with E-state index in [0.717, 1.165) is 12.8 Å². The van der Waals surface area contributed by atoms with Crippen LogP contribution in [-0.4, -0.2) is 38.4 Å². The Bertz CT molecular complexity index is 489. The van der Waals surface area contributed by atoms with Crippen molar-refractivity contribution in [3.63, 3.8) is 0 Å². The van der Waals surface area contributed by atoms with Crippen LogP contribution in [0.3, 0.4) is 0 Å². The molecule has 0 aliphatic carbocycles. The van der Waals surface area contributed by atoms with Crippen molar-refractivity contribution < 1.29 is 51.2 Å². The van der Waals surface area contributed by atoms with E-state index in [-0.39, 0.29) is 12.7 Å². The molecule has 23 heavy (non-hydrogen) atoms. The average molecular weight is 400 g/mol.